The number of methoxy groups -OCH3 is 1. The molecule has 2 rings (SSSR count). The van der Waals surface area contributed by atoms with Crippen molar-refractivity contribution in [2.45, 2.75) is 32.6 Å². The van der Waals surface area contributed by atoms with Crippen LogP contribution in [0.2, 0.25) is 10.0 Å². The number of hydrogen-bond donors (Lipinski definition) is 1. The monoisotopic (exact) mass is 487 g/mol. The minimum absolute atomic E-state index is 0.0726. The molecule has 1 N–H and O–H groups in total. The second-order valence-corrected chi connectivity index (χ2v) is 7.44. The predicted molar refractivity (Wildman–Crippen MR) is 117 cm³/mol. The van der Waals surface area contributed by atoms with Crippen molar-refractivity contribution in [2.75, 3.05) is 7.11 Å². The van der Waals surface area contributed by atoms with E-state index in [1.54, 1.807) is 25.1 Å². The van der Waals surface area contributed by atoms with Gasteiger partial charge < -0.3 is 19.5 Å². The third-order valence-electron chi connectivity index (χ3n) is 4.27. The Morgan fingerprint density at radius 1 is 1.06 bits per heavy atom. The van der Waals surface area contributed by atoms with Gasteiger partial charge in [-0.25, -0.2) is 4.79 Å². The number of halogens is 4. The fraction of sp³-hybridized carbons (Fsp3) is 0.273. The van der Waals surface area contributed by atoms with Crippen molar-refractivity contribution in [1.29, 1.82) is 0 Å². The molecule has 0 aliphatic rings. The van der Waals surface area contributed by atoms with Gasteiger partial charge in [-0.2, -0.15) is 8.78 Å². The molecule has 2 aromatic rings. The number of esters is 1. The van der Waals surface area contributed by atoms with Gasteiger partial charge in [-0.3, -0.25) is 4.79 Å². The van der Waals surface area contributed by atoms with Crippen LogP contribution >= 0.6 is 23.2 Å². The van der Waals surface area contributed by atoms with Gasteiger partial charge in [-0.15, -0.1) is 0 Å². The minimum Gasteiger partial charge on any atom is -0.493 e. The third kappa shape index (κ3) is 7.39. The molecule has 1 amide bonds. The molecule has 0 fully saturated rings. The summed E-state index contributed by atoms with van der Waals surface area (Å²) in [6, 6.07) is 8.63. The molecular formula is C22H21Cl2F2NO5. The molecule has 0 bridgehead atoms. The average molecular weight is 488 g/mol. The molecule has 172 valence electrons. The molecule has 0 radical (unpaired) electrons. The first-order valence-electron chi connectivity index (χ1n) is 9.37. The summed E-state index contributed by atoms with van der Waals surface area (Å²) in [5.41, 5.74) is 1.14. The molecule has 10 heteroatoms. The summed E-state index contributed by atoms with van der Waals surface area (Å²) in [7, 11) is 1.30. The quantitative estimate of drug-likeness (QED) is 0.377. The number of amides is 1. The van der Waals surface area contributed by atoms with Crippen LogP contribution in [0.4, 0.5) is 8.78 Å². The van der Waals surface area contributed by atoms with Gasteiger partial charge in [0.05, 0.1) is 13.2 Å². The average Bonchev–Trinajstić information content (AvgIpc) is 2.72. The van der Waals surface area contributed by atoms with E-state index >= 15 is 0 Å². The second kappa shape index (κ2) is 11.7. The summed E-state index contributed by atoms with van der Waals surface area (Å²) in [6.07, 6.45) is 1.42. The lowest BCUT2D eigenvalue weighted by Gasteiger charge is -2.19. The highest BCUT2D eigenvalue weighted by atomic mass is 35.5. The number of carbonyl (C=O) groups is 2. The van der Waals surface area contributed by atoms with Crippen LogP contribution in [0.1, 0.15) is 31.0 Å². The van der Waals surface area contributed by atoms with Gasteiger partial charge in [0.25, 0.3) is 5.91 Å². The Morgan fingerprint density at radius 3 is 2.41 bits per heavy atom. The van der Waals surface area contributed by atoms with Gasteiger partial charge in [0.2, 0.25) is 0 Å². The maximum Gasteiger partial charge on any atom is 0.387 e. The van der Waals surface area contributed by atoms with Crippen LogP contribution < -0.4 is 14.8 Å². The number of hydrogen-bond acceptors (Lipinski definition) is 5. The van der Waals surface area contributed by atoms with Gasteiger partial charge in [-0.05, 0) is 55.3 Å². The summed E-state index contributed by atoms with van der Waals surface area (Å²) >= 11 is 12.0. The fourth-order valence-electron chi connectivity index (χ4n) is 2.67. The van der Waals surface area contributed by atoms with E-state index < -0.39 is 30.6 Å². The van der Waals surface area contributed by atoms with Crippen LogP contribution in [0.5, 0.6) is 11.5 Å². The van der Waals surface area contributed by atoms with E-state index in [9.17, 15) is 18.4 Å². The molecule has 0 saturated carbocycles. The highest BCUT2D eigenvalue weighted by Crippen LogP contribution is 2.30. The van der Waals surface area contributed by atoms with E-state index in [2.05, 4.69) is 10.1 Å². The maximum atomic E-state index is 12.4. The molecule has 2 aromatic carbocycles. The lowest BCUT2D eigenvalue weighted by atomic mass is 10.1. The van der Waals surface area contributed by atoms with Crippen LogP contribution in [-0.4, -0.2) is 31.7 Å². The standard InChI is InChI=1S/C22H21Cl2F2NO5/c1-12(16-7-6-15(23)11-17(16)24)27-21(29)13(2)31-20(28)9-5-14-4-8-18(32-22(25)26)19(10-14)30-3/h4-13,22H,1-3H3,(H,27,29)/b9-5+/t12-,13-/m1/s1. The fourth-order valence-corrected chi connectivity index (χ4v) is 3.25. The first-order chi connectivity index (χ1) is 15.1. The van der Waals surface area contributed by atoms with Crippen molar-refractivity contribution in [3.63, 3.8) is 0 Å². The minimum atomic E-state index is -2.99. The van der Waals surface area contributed by atoms with Gasteiger partial charge >= 0.3 is 12.6 Å². The lowest BCUT2D eigenvalue weighted by Crippen LogP contribution is -2.37. The van der Waals surface area contributed by atoms with Gasteiger partial charge in [0, 0.05) is 16.1 Å². The number of rotatable bonds is 9. The SMILES string of the molecule is COc1cc(/C=C/C(=O)O[C@H](C)C(=O)N[C@H](C)c2ccc(Cl)cc2Cl)ccc1OC(F)F. The van der Waals surface area contributed by atoms with E-state index in [1.165, 1.54) is 38.3 Å². The Bertz CT molecular complexity index is 1000. The van der Waals surface area contributed by atoms with Crippen molar-refractivity contribution >= 4 is 41.2 Å². The van der Waals surface area contributed by atoms with E-state index in [0.717, 1.165) is 6.08 Å². The zero-order chi connectivity index (χ0) is 23.8. The number of carbonyl (C=O) groups excluding carboxylic acids is 2. The van der Waals surface area contributed by atoms with Crippen molar-refractivity contribution in [1.82, 2.24) is 5.32 Å². The summed E-state index contributed by atoms with van der Waals surface area (Å²) in [5, 5.41) is 3.59. The number of benzene rings is 2. The maximum absolute atomic E-state index is 12.4. The van der Waals surface area contributed by atoms with E-state index in [4.69, 9.17) is 32.7 Å². The summed E-state index contributed by atoms with van der Waals surface area (Å²) in [6.45, 7) is 0.166. The molecule has 0 unspecified atom stereocenters. The van der Waals surface area contributed by atoms with Crippen LogP contribution in [0.15, 0.2) is 42.5 Å². The van der Waals surface area contributed by atoms with E-state index in [1.807, 2.05) is 0 Å². The normalized spacial score (nSPS) is 13.0. The first-order valence-corrected chi connectivity index (χ1v) is 10.1. The van der Waals surface area contributed by atoms with Crippen LogP contribution in [-0.2, 0) is 14.3 Å². The highest BCUT2D eigenvalue weighted by Gasteiger charge is 2.20. The lowest BCUT2D eigenvalue weighted by molar-refractivity contribution is -0.150. The van der Waals surface area contributed by atoms with Crippen LogP contribution in [0.3, 0.4) is 0 Å². The summed E-state index contributed by atoms with van der Waals surface area (Å²) in [4.78, 5) is 24.4. The second-order valence-electron chi connectivity index (χ2n) is 6.60. The van der Waals surface area contributed by atoms with E-state index in [0.29, 0.717) is 21.2 Å². The zero-order valence-electron chi connectivity index (χ0n) is 17.4. The first kappa shape index (κ1) is 25.4. The van der Waals surface area contributed by atoms with E-state index in [-0.39, 0.29) is 11.5 Å². The van der Waals surface area contributed by atoms with Gasteiger partial charge in [0.15, 0.2) is 17.6 Å². The molecule has 2 atom stereocenters. The molecule has 0 aliphatic carbocycles. The smallest absolute Gasteiger partial charge is 0.387 e. The van der Waals surface area contributed by atoms with Crippen molar-refractivity contribution < 1.29 is 32.6 Å². The molecule has 0 heterocycles. The zero-order valence-corrected chi connectivity index (χ0v) is 18.9. The Morgan fingerprint density at radius 2 is 1.78 bits per heavy atom. The molecule has 32 heavy (non-hydrogen) atoms. The highest BCUT2D eigenvalue weighted by molar-refractivity contribution is 6.35. The van der Waals surface area contributed by atoms with Crippen LogP contribution in [0, 0.1) is 0 Å². The topological polar surface area (TPSA) is 73.9 Å². The molecule has 0 aliphatic heterocycles. The molecule has 0 spiro atoms. The molecular weight excluding hydrogens is 467 g/mol. The third-order valence-corrected chi connectivity index (χ3v) is 4.83. The predicted octanol–water partition coefficient (Wildman–Crippen LogP) is 5.43. The van der Waals surface area contributed by atoms with Gasteiger partial charge in [0.1, 0.15) is 0 Å². The van der Waals surface area contributed by atoms with Crippen molar-refractivity contribution in [3.05, 3.63) is 63.6 Å². The van der Waals surface area contributed by atoms with Gasteiger partial charge in [-0.1, -0.05) is 35.3 Å². The molecule has 0 saturated heterocycles. The Labute approximate surface area is 194 Å². The van der Waals surface area contributed by atoms with Crippen molar-refractivity contribution in [3.8, 4) is 11.5 Å². The summed E-state index contributed by atoms with van der Waals surface area (Å²) < 4.78 is 39.2. The molecule has 0 aromatic heterocycles. The number of ether oxygens (including phenoxy) is 3. The Hall–Kier alpha value is -2.84. The number of alkyl halides is 2. The largest absolute Gasteiger partial charge is 0.493 e. The molecule has 6 nitrogen and oxygen atoms in total. The Kier molecular flexibility index (Phi) is 9.28. The number of nitrogens with one attached hydrogen (secondary N) is 1. The Balaban J connectivity index is 1.95. The van der Waals surface area contributed by atoms with Crippen LogP contribution in [0.25, 0.3) is 6.08 Å². The van der Waals surface area contributed by atoms with Crippen molar-refractivity contribution in [2.24, 2.45) is 0 Å². The summed E-state index contributed by atoms with van der Waals surface area (Å²) in [5.74, 6) is -1.34.